The van der Waals surface area contributed by atoms with Crippen LogP contribution >= 0.6 is 15.9 Å². The van der Waals surface area contributed by atoms with Crippen molar-refractivity contribution >= 4 is 33.2 Å². The van der Waals surface area contributed by atoms with E-state index in [0.717, 1.165) is 27.0 Å². The highest BCUT2D eigenvalue weighted by Gasteiger charge is 2.56. The first-order valence-electron chi connectivity index (χ1n) is 11.0. The van der Waals surface area contributed by atoms with Crippen molar-refractivity contribution in [2.75, 3.05) is 11.5 Å². The second-order valence-corrected chi connectivity index (χ2v) is 9.22. The Morgan fingerprint density at radius 1 is 0.941 bits per heavy atom. The quantitative estimate of drug-likeness (QED) is 0.360. The third-order valence-electron chi connectivity index (χ3n) is 6.41. The van der Waals surface area contributed by atoms with E-state index in [0.29, 0.717) is 6.61 Å². The number of ether oxygens (including phenoxy) is 1. The van der Waals surface area contributed by atoms with Crippen molar-refractivity contribution in [3.05, 3.63) is 98.5 Å². The Morgan fingerprint density at radius 3 is 2.18 bits per heavy atom. The number of nitro benzene ring substituents is 1. The number of nitrogens with one attached hydrogen (secondary N) is 2. The highest BCUT2D eigenvalue weighted by Crippen LogP contribution is 2.49. The van der Waals surface area contributed by atoms with Crippen LogP contribution in [0.3, 0.4) is 0 Å². The van der Waals surface area contributed by atoms with E-state index < -0.39 is 11.0 Å². The number of benzene rings is 3. The molecule has 0 bridgehead atoms. The number of hydrogen-bond acceptors (Lipinski definition) is 6. The van der Waals surface area contributed by atoms with Crippen molar-refractivity contribution in [1.82, 2.24) is 10.9 Å². The molecule has 5 rings (SSSR count). The molecule has 2 aliphatic heterocycles. The van der Waals surface area contributed by atoms with Gasteiger partial charge in [0, 0.05) is 28.2 Å². The third kappa shape index (κ3) is 3.96. The summed E-state index contributed by atoms with van der Waals surface area (Å²) in [6.07, 6.45) is 0. The van der Waals surface area contributed by atoms with Crippen LogP contribution in [0.2, 0.25) is 0 Å². The Hall–Kier alpha value is -3.27. The first-order chi connectivity index (χ1) is 16.5. The maximum absolute atomic E-state index is 13.6. The molecule has 3 aromatic rings. The summed E-state index contributed by atoms with van der Waals surface area (Å²) < 4.78 is 6.49. The molecule has 0 aliphatic carbocycles. The van der Waals surface area contributed by atoms with Gasteiger partial charge in [0.1, 0.15) is 11.8 Å². The number of nitrogens with zero attached hydrogens (tertiary/aromatic N) is 2. The van der Waals surface area contributed by atoms with Gasteiger partial charge in [0.25, 0.3) is 5.69 Å². The van der Waals surface area contributed by atoms with E-state index >= 15 is 0 Å². The van der Waals surface area contributed by atoms with Gasteiger partial charge in [0.15, 0.2) is 0 Å². The van der Waals surface area contributed by atoms with Gasteiger partial charge in [-0.15, -0.1) is 0 Å². The number of fused-ring (bicyclic) bond motifs is 1. The van der Waals surface area contributed by atoms with Crippen molar-refractivity contribution in [3.63, 3.8) is 0 Å². The Kier molecular flexibility index (Phi) is 6.07. The number of amides is 1. The first kappa shape index (κ1) is 22.5. The van der Waals surface area contributed by atoms with Gasteiger partial charge in [-0.1, -0.05) is 40.2 Å². The molecule has 0 radical (unpaired) electrons. The second-order valence-electron chi connectivity index (χ2n) is 8.30. The largest absolute Gasteiger partial charge is 0.494 e. The monoisotopic (exact) mass is 522 g/mol. The summed E-state index contributed by atoms with van der Waals surface area (Å²) in [6, 6.07) is 21.1. The lowest BCUT2D eigenvalue weighted by Crippen LogP contribution is -2.41. The molecule has 34 heavy (non-hydrogen) atoms. The van der Waals surface area contributed by atoms with Crippen molar-refractivity contribution in [1.29, 1.82) is 0 Å². The molecule has 2 fully saturated rings. The van der Waals surface area contributed by atoms with Gasteiger partial charge < -0.3 is 9.64 Å². The molecule has 2 N–H and O–H groups in total. The number of nitro groups is 1. The van der Waals surface area contributed by atoms with Crippen molar-refractivity contribution in [3.8, 4) is 5.75 Å². The maximum Gasteiger partial charge on any atom is 0.269 e. The minimum Gasteiger partial charge on any atom is -0.494 e. The molecule has 1 amide bonds. The molecule has 3 aromatic carbocycles. The van der Waals surface area contributed by atoms with E-state index in [1.54, 1.807) is 17.0 Å². The van der Waals surface area contributed by atoms with Crippen LogP contribution in [-0.2, 0) is 4.79 Å². The number of hydrogen-bond donors (Lipinski definition) is 2. The number of anilines is 1. The summed E-state index contributed by atoms with van der Waals surface area (Å²) in [6.45, 7) is 2.53. The zero-order valence-electron chi connectivity index (χ0n) is 18.4. The molecule has 9 heteroatoms. The van der Waals surface area contributed by atoms with Gasteiger partial charge in [-0.25, -0.2) is 10.9 Å². The van der Waals surface area contributed by atoms with Gasteiger partial charge >= 0.3 is 0 Å². The maximum atomic E-state index is 13.6. The topological polar surface area (TPSA) is 96.7 Å². The lowest BCUT2D eigenvalue weighted by Gasteiger charge is -2.31. The molecule has 0 saturated carbocycles. The molecule has 0 aromatic heterocycles. The van der Waals surface area contributed by atoms with E-state index in [9.17, 15) is 14.9 Å². The van der Waals surface area contributed by atoms with Crippen LogP contribution in [0, 0.1) is 16.0 Å². The predicted molar refractivity (Wildman–Crippen MR) is 131 cm³/mol. The van der Waals surface area contributed by atoms with Crippen LogP contribution in [-0.4, -0.2) is 23.5 Å². The predicted octanol–water partition coefficient (Wildman–Crippen LogP) is 4.68. The zero-order valence-corrected chi connectivity index (χ0v) is 19.9. The minimum absolute atomic E-state index is 0.0190. The normalized spacial score (nSPS) is 23.7. The Morgan fingerprint density at radius 2 is 1.56 bits per heavy atom. The average Bonchev–Trinajstić information content (AvgIpc) is 3.39. The van der Waals surface area contributed by atoms with Crippen molar-refractivity contribution in [2.45, 2.75) is 25.0 Å². The van der Waals surface area contributed by atoms with Crippen LogP contribution in [0.5, 0.6) is 5.75 Å². The Labute approximate surface area is 205 Å². The van der Waals surface area contributed by atoms with E-state index in [1.165, 1.54) is 12.1 Å². The molecule has 8 nitrogen and oxygen atoms in total. The summed E-state index contributed by atoms with van der Waals surface area (Å²) in [5.41, 5.74) is 9.19. The fourth-order valence-corrected chi connectivity index (χ4v) is 5.18. The molecule has 4 unspecified atom stereocenters. The Balaban J connectivity index is 1.57. The lowest BCUT2D eigenvalue weighted by atomic mass is 9.83. The Bertz CT molecular complexity index is 1200. The van der Waals surface area contributed by atoms with Crippen LogP contribution in [0.1, 0.15) is 30.1 Å². The number of halogens is 1. The molecular weight excluding hydrogens is 500 g/mol. The molecule has 2 saturated heterocycles. The van der Waals surface area contributed by atoms with Crippen molar-refractivity contribution in [2.24, 2.45) is 5.92 Å². The van der Waals surface area contributed by atoms with Crippen LogP contribution in [0.4, 0.5) is 11.4 Å². The standard InChI is InChI=1S/C25H23BrN4O4/c1-2-34-20-13-5-15(6-14-20)22-21-23(28-27-22)25(31)29(18-11-7-17(26)8-12-18)24(21)16-3-9-19(10-4-16)30(32)33/h3-14,21-24,27-28H,2H2,1H3. The van der Waals surface area contributed by atoms with Gasteiger partial charge in [0.2, 0.25) is 5.91 Å². The molecule has 2 aliphatic rings. The summed E-state index contributed by atoms with van der Waals surface area (Å²) >= 11 is 3.46. The SMILES string of the molecule is CCOc1ccc(C2NNC3C(=O)N(c4ccc(Br)cc4)C(c4ccc([N+](=O)[O-])cc4)C32)cc1. The summed E-state index contributed by atoms with van der Waals surface area (Å²) in [4.78, 5) is 26.2. The van der Waals surface area contributed by atoms with Gasteiger partial charge in [0.05, 0.1) is 23.6 Å². The molecular formula is C25H23BrN4O4. The van der Waals surface area contributed by atoms with E-state index in [1.807, 2.05) is 55.5 Å². The number of hydrazine groups is 1. The third-order valence-corrected chi connectivity index (χ3v) is 6.94. The van der Waals surface area contributed by atoms with E-state index in [4.69, 9.17) is 4.74 Å². The molecule has 174 valence electrons. The van der Waals surface area contributed by atoms with Crippen LogP contribution in [0.25, 0.3) is 0 Å². The fraction of sp³-hybridized carbons (Fsp3) is 0.240. The molecule has 4 atom stereocenters. The molecule has 0 spiro atoms. The number of carbonyl (C=O) groups is 1. The van der Waals surface area contributed by atoms with Gasteiger partial charge in [-0.3, -0.25) is 14.9 Å². The fourth-order valence-electron chi connectivity index (χ4n) is 4.91. The van der Waals surface area contributed by atoms with E-state index in [-0.39, 0.29) is 29.6 Å². The van der Waals surface area contributed by atoms with Crippen molar-refractivity contribution < 1.29 is 14.5 Å². The van der Waals surface area contributed by atoms with E-state index in [2.05, 4.69) is 26.8 Å². The zero-order chi connectivity index (χ0) is 23.8. The van der Waals surface area contributed by atoms with Gasteiger partial charge in [-0.05, 0) is 54.4 Å². The molecule has 2 heterocycles. The average molecular weight is 523 g/mol. The number of carbonyl (C=O) groups excluding carboxylic acids is 1. The second kappa shape index (κ2) is 9.17. The number of non-ortho nitro benzene ring substituents is 1. The summed E-state index contributed by atoms with van der Waals surface area (Å²) in [5, 5.41) is 11.2. The summed E-state index contributed by atoms with van der Waals surface area (Å²) in [7, 11) is 0. The van der Waals surface area contributed by atoms with Gasteiger partial charge in [-0.2, -0.15) is 0 Å². The van der Waals surface area contributed by atoms with Crippen LogP contribution in [0.15, 0.2) is 77.3 Å². The highest BCUT2D eigenvalue weighted by molar-refractivity contribution is 9.10. The summed E-state index contributed by atoms with van der Waals surface area (Å²) in [5.74, 6) is 0.604. The smallest absolute Gasteiger partial charge is 0.269 e. The first-order valence-corrected chi connectivity index (χ1v) is 11.8. The minimum atomic E-state index is -0.444. The number of rotatable bonds is 6. The lowest BCUT2D eigenvalue weighted by molar-refractivity contribution is -0.384. The highest BCUT2D eigenvalue weighted by atomic mass is 79.9. The van der Waals surface area contributed by atoms with Crippen LogP contribution < -0.4 is 20.5 Å².